The van der Waals surface area contributed by atoms with E-state index in [1.54, 1.807) is 30.3 Å². The maximum absolute atomic E-state index is 12.3. The molecule has 0 saturated heterocycles. The van der Waals surface area contributed by atoms with E-state index in [-0.39, 0.29) is 11.7 Å². The zero-order chi connectivity index (χ0) is 23.6. The molecular weight excluding hydrogens is 506 g/mol. The number of benzene rings is 3. The van der Waals surface area contributed by atoms with Crippen molar-refractivity contribution in [2.75, 3.05) is 13.2 Å². The fourth-order valence-corrected chi connectivity index (χ4v) is 3.44. The van der Waals surface area contributed by atoms with Crippen molar-refractivity contribution in [3.8, 4) is 22.6 Å². The van der Waals surface area contributed by atoms with Gasteiger partial charge in [-0.3, -0.25) is 25.8 Å². The van der Waals surface area contributed by atoms with Gasteiger partial charge in [-0.2, -0.15) is 0 Å². The van der Waals surface area contributed by atoms with Gasteiger partial charge < -0.3 is 9.47 Å². The quantitative estimate of drug-likeness (QED) is 0.314. The summed E-state index contributed by atoms with van der Waals surface area (Å²) in [5.74, 6) is 0.307. The van der Waals surface area contributed by atoms with Gasteiger partial charge in [0.2, 0.25) is 0 Å². The molecule has 0 radical (unpaired) electrons. The molecular formula is C24H22BrN3O4S. The lowest BCUT2D eigenvalue weighted by molar-refractivity contribution is -0.123. The summed E-state index contributed by atoms with van der Waals surface area (Å²) in [7, 11) is 0. The zero-order valence-electron chi connectivity index (χ0n) is 17.8. The Balaban J connectivity index is 1.41. The van der Waals surface area contributed by atoms with Crippen LogP contribution in [0.1, 0.15) is 17.3 Å². The van der Waals surface area contributed by atoms with E-state index in [1.807, 2.05) is 49.4 Å². The van der Waals surface area contributed by atoms with Crippen LogP contribution < -0.4 is 25.6 Å². The molecule has 0 aliphatic heterocycles. The van der Waals surface area contributed by atoms with E-state index >= 15 is 0 Å². The molecule has 33 heavy (non-hydrogen) atoms. The summed E-state index contributed by atoms with van der Waals surface area (Å²) in [6, 6.07) is 22.3. The van der Waals surface area contributed by atoms with Gasteiger partial charge in [0.25, 0.3) is 11.8 Å². The van der Waals surface area contributed by atoms with E-state index < -0.39 is 11.8 Å². The van der Waals surface area contributed by atoms with Crippen LogP contribution in [0, 0.1) is 0 Å². The van der Waals surface area contributed by atoms with E-state index in [2.05, 4.69) is 32.1 Å². The molecule has 0 fully saturated rings. The number of rotatable bonds is 7. The van der Waals surface area contributed by atoms with Crippen LogP contribution in [0.4, 0.5) is 0 Å². The number of amides is 2. The summed E-state index contributed by atoms with van der Waals surface area (Å²) in [5, 5.41) is 2.44. The van der Waals surface area contributed by atoms with Crippen molar-refractivity contribution >= 4 is 45.1 Å². The molecule has 7 nitrogen and oxygen atoms in total. The minimum Gasteiger partial charge on any atom is -0.493 e. The van der Waals surface area contributed by atoms with Gasteiger partial charge in [0.05, 0.1) is 11.1 Å². The molecule has 0 atom stereocenters. The van der Waals surface area contributed by atoms with Gasteiger partial charge in [0.15, 0.2) is 11.7 Å². The highest BCUT2D eigenvalue weighted by Gasteiger charge is 2.11. The minimum atomic E-state index is -0.456. The second-order valence-corrected chi connectivity index (χ2v) is 7.98. The average molecular weight is 528 g/mol. The number of carbonyl (C=O) groups is 2. The lowest BCUT2D eigenvalue weighted by Gasteiger charge is -2.12. The summed E-state index contributed by atoms with van der Waals surface area (Å²) < 4.78 is 11.6. The molecule has 0 bridgehead atoms. The first kappa shape index (κ1) is 24.2. The first-order valence-electron chi connectivity index (χ1n) is 10.1. The first-order chi connectivity index (χ1) is 16.0. The summed E-state index contributed by atoms with van der Waals surface area (Å²) in [6.07, 6.45) is 0. The Labute approximate surface area is 205 Å². The van der Waals surface area contributed by atoms with Crippen molar-refractivity contribution < 1.29 is 19.1 Å². The maximum Gasteiger partial charge on any atom is 0.276 e. The molecule has 0 saturated carbocycles. The number of thiocarbonyl (C=S) groups is 1. The van der Waals surface area contributed by atoms with Gasteiger partial charge in [-0.05, 0) is 76.5 Å². The highest BCUT2D eigenvalue weighted by Crippen LogP contribution is 2.26. The molecule has 0 heterocycles. The van der Waals surface area contributed by atoms with Gasteiger partial charge in [-0.1, -0.05) is 42.5 Å². The summed E-state index contributed by atoms with van der Waals surface area (Å²) in [5.41, 5.74) is 7.39. The fourth-order valence-electron chi connectivity index (χ4n) is 2.81. The average Bonchev–Trinajstić information content (AvgIpc) is 2.83. The number of hydrogen-bond acceptors (Lipinski definition) is 5. The molecule has 3 aromatic rings. The number of nitrogens with one attached hydrogen (secondary N) is 3. The van der Waals surface area contributed by atoms with Crippen LogP contribution in [-0.4, -0.2) is 30.1 Å². The molecule has 3 N–H and O–H groups in total. The van der Waals surface area contributed by atoms with Crippen LogP contribution in [0.2, 0.25) is 0 Å². The SMILES string of the molecule is CCOc1ccc(C(=O)NC(=S)NNC(=O)COc2ccc(-c3ccccc3)cc2)cc1Br. The van der Waals surface area contributed by atoms with Crippen LogP contribution in [-0.2, 0) is 4.79 Å². The fraction of sp³-hybridized carbons (Fsp3) is 0.125. The Morgan fingerprint density at radius 3 is 2.27 bits per heavy atom. The molecule has 0 unspecified atom stereocenters. The Morgan fingerprint density at radius 2 is 1.61 bits per heavy atom. The molecule has 170 valence electrons. The summed E-state index contributed by atoms with van der Waals surface area (Å²) in [4.78, 5) is 24.3. The molecule has 3 aromatic carbocycles. The van der Waals surface area contributed by atoms with Gasteiger partial charge in [-0.25, -0.2) is 0 Å². The monoisotopic (exact) mass is 527 g/mol. The van der Waals surface area contributed by atoms with E-state index in [0.29, 0.717) is 28.1 Å². The van der Waals surface area contributed by atoms with Crippen LogP contribution in [0.5, 0.6) is 11.5 Å². The molecule has 0 aliphatic carbocycles. The molecule has 9 heteroatoms. The van der Waals surface area contributed by atoms with Gasteiger partial charge in [-0.15, -0.1) is 0 Å². The predicted molar refractivity (Wildman–Crippen MR) is 134 cm³/mol. The summed E-state index contributed by atoms with van der Waals surface area (Å²) >= 11 is 8.41. The van der Waals surface area contributed by atoms with E-state index in [1.165, 1.54) is 0 Å². The Morgan fingerprint density at radius 1 is 0.909 bits per heavy atom. The number of hydrazine groups is 1. The Kier molecular flexibility index (Phi) is 8.79. The van der Waals surface area contributed by atoms with Crippen molar-refractivity contribution in [3.05, 3.63) is 82.8 Å². The Bertz CT molecular complexity index is 1120. The highest BCUT2D eigenvalue weighted by atomic mass is 79.9. The smallest absolute Gasteiger partial charge is 0.276 e. The molecule has 0 aliphatic rings. The van der Waals surface area contributed by atoms with Gasteiger partial charge in [0, 0.05) is 5.56 Å². The number of hydrogen-bond donors (Lipinski definition) is 3. The maximum atomic E-state index is 12.3. The van der Waals surface area contributed by atoms with E-state index in [9.17, 15) is 9.59 Å². The number of ether oxygens (including phenoxy) is 2. The van der Waals surface area contributed by atoms with Crippen LogP contribution in [0.15, 0.2) is 77.3 Å². The van der Waals surface area contributed by atoms with Crippen molar-refractivity contribution in [2.24, 2.45) is 0 Å². The Hall–Kier alpha value is -3.43. The third-order valence-electron chi connectivity index (χ3n) is 4.37. The van der Waals surface area contributed by atoms with Crippen molar-refractivity contribution in [3.63, 3.8) is 0 Å². The molecule has 0 aromatic heterocycles. The third kappa shape index (κ3) is 7.30. The molecule has 0 spiro atoms. The third-order valence-corrected chi connectivity index (χ3v) is 5.19. The lowest BCUT2D eigenvalue weighted by Crippen LogP contribution is -2.49. The standard InChI is InChI=1S/C24H22BrN3O4S/c1-2-31-21-13-10-18(14-20(21)25)23(30)26-24(33)28-27-22(29)15-32-19-11-8-17(9-12-19)16-6-4-3-5-7-16/h3-14H,2,15H2,1H3,(H,27,29)(H2,26,28,30,33). The van der Waals surface area contributed by atoms with E-state index in [0.717, 1.165) is 11.1 Å². The van der Waals surface area contributed by atoms with Crippen LogP contribution >= 0.6 is 28.1 Å². The van der Waals surface area contributed by atoms with Crippen LogP contribution in [0.25, 0.3) is 11.1 Å². The normalized spacial score (nSPS) is 10.1. The molecule has 2 amide bonds. The molecule has 3 rings (SSSR count). The first-order valence-corrected chi connectivity index (χ1v) is 11.3. The van der Waals surface area contributed by atoms with Crippen molar-refractivity contribution in [1.29, 1.82) is 0 Å². The van der Waals surface area contributed by atoms with Crippen molar-refractivity contribution in [1.82, 2.24) is 16.2 Å². The largest absolute Gasteiger partial charge is 0.493 e. The van der Waals surface area contributed by atoms with Crippen LogP contribution in [0.3, 0.4) is 0 Å². The predicted octanol–water partition coefficient (Wildman–Crippen LogP) is 4.23. The summed E-state index contributed by atoms with van der Waals surface area (Å²) in [6.45, 7) is 2.17. The van der Waals surface area contributed by atoms with Gasteiger partial charge >= 0.3 is 0 Å². The van der Waals surface area contributed by atoms with E-state index in [4.69, 9.17) is 21.7 Å². The lowest BCUT2D eigenvalue weighted by atomic mass is 10.1. The second-order valence-electron chi connectivity index (χ2n) is 6.71. The highest BCUT2D eigenvalue weighted by molar-refractivity contribution is 9.10. The van der Waals surface area contributed by atoms with Crippen molar-refractivity contribution in [2.45, 2.75) is 6.92 Å². The number of carbonyl (C=O) groups excluding carboxylic acids is 2. The van der Waals surface area contributed by atoms with Gasteiger partial charge in [0.1, 0.15) is 11.5 Å². The minimum absolute atomic E-state index is 0.0504. The number of halogens is 1. The zero-order valence-corrected chi connectivity index (χ0v) is 20.2. The second kappa shape index (κ2) is 12.0. The topological polar surface area (TPSA) is 88.7 Å².